The SMILES string of the molecule is CC(=O)c1c(OC2CCN(C(=O)OC(C)(C)C)CC2)c(OCCC(C)c2ccc(F)cc2)c2oc(C)nc2c1C. The lowest BCUT2D eigenvalue weighted by atomic mass is 9.98. The van der Waals surface area contributed by atoms with Crippen LogP contribution in [-0.4, -0.2) is 53.2 Å². The van der Waals surface area contributed by atoms with Gasteiger partial charge in [0, 0.05) is 32.9 Å². The lowest BCUT2D eigenvalue weighted by molar-refractivity contribution is 0.0123. The van der Waals surface area contributed by atoms with Crippen LogP contribution < -0.4 is 9.47 Å². The van der Waals surface area contributed by atoms with Gasteiger partial charge in [-0.25, -0.2) is 14.2 Å². The Balaban J connectivity index is 1.58. The third kappa shape index (κ3) is 6.74. The van der Waals surface area contributed by atoms with Gasteiger partial charge in [-0.15, -0.1) is 0 Å². The molecule has 2 aromatic carbocycles. The number of halogens is 1. The highest BCUT2D eigenvalue weighted by molar-refractivity contribution is 6.05. The molecule has 0 aliphatic carbocycles. The summed E-state index contributed by atoms with van der Waals surface area (Å²) in [6, 6.07) is 6.45. The van der Waals surface area contributed by atoms with E-state index in [1.807, 2.05) is 27.7 Å². The first-order valence-electron chi connectivity index (χ1n) is 13.8. The minimum absolute atomic E-state index is 0.117. The summed E-state index contributed by atoms with van der Waals surface area (Å²) in [5, 5.41) is 0. The number of carbonyl (C=O) groups excluding carboxylic acids is 2. The number of benzene rings is 2. The number of rotatable bonds is 8. The van der Waals surface area contributed by atoms with Gasteiger partial charge in [-0.2, -0.15) is 0 Å². The minimum Gasteiger partial charge on any atom is -0.486 e. The number of hydrogen-bond acceptors (Lipinski definition) is 7. The number of ether oxygens (including phenoxy) is 3. The molecule has 1 atom stereocenters. The Kier molecular flexibility index (Phi) is 8.71. The molecule has 0 bridgehead atoms. The van der Waals surface area contributed by atoms with Gasteiger partial charge in [-0.1, -0.05) is 19.1 Å². The summed E-state index contributed by atoms with van der Waals surface area (Å²) in [7, 11) is 0. The summed E-state index contributed by atoms with van der Waals surface area (Å²) in [6.07, 6.45) is 1.22. The third-order valence-electron chi connectivity index (χ3n) is 7.07. The molecule has 2 heterocycles. The second-order valence-electron chi connectivity index (χ2n) is 11.5. The fraction of sp³-hybridized carbons (Fsp3) is 0.516. The Morgan fingerprint density at radius 2 is 1.77 bits per heavy atom. The second kappa shape index (κ2) is 11.9. The summed E-state index contributed by atoms with van der Waals surface area (Å²) < 4.78 is 37.7. The first-order chi connectivity index (χ1) is 18.8. The van der Waals surface area contributed by atoms with Gasteiger partial charge in [0.05, 0.1) is 12.2 Å². The molecule has 1 unspecified atom stereocenters. The molecule has 1 amide bonds. The van der Waals surface area contributed by atoms with Crippen LogP contribution >= 0.6 is 0 Å². The Bertz CT molecular complexity index is 1370. The number of hydrogen-bond donors (Lipinski definition) is 0. The van der Waals surface area contributed by atoms with Crippen LogP contribution in [-0.2, 0) is 4.74 Å². The van der Waals surface area contributed by atoms with Crippen LogP contribution in [0.2, 0.25) is 0 Å². The quantitative estimate of drug-likeness (QED) is 0.273. The van der Waals surface area contributed by atoms with Gasteiger partial charge in [0.1, 0.15) is 23.0 Å². The Labute approximate surface area is 234 Å². The number of nitrogens with zero attached hydrogens (tertiary/aromatic N) is 2. The maximum absolute atomic E-state index is 13.4. The van der Waals surface area contributed by atoms with E-state index in [4.69, 9.17) is 18.6 Å². The van der Waals surface area contributed by atoms with Crippen LogP contribution in [0.25, 0.3) is 11.1 Å². The van der Waals surface area contributed by atoms with Crippen LogP contribution in [0, 0.1) is 19.7 Å². The van der Waals surface area contributed by atoms with E-state index in [9.17, 15) is 14.0 Å². The second-order valence-corrected chi connectivity index (χ2v) is 11.5. The number of likely N-dealkylation sites (tertiary alicyclic amines) is 1. The number of oxazole rings is 1. The predicted molar refractivity (Wildman–Crippen MR) is 150 cm³/mol. The molecule has 3 aromatic rings. The topological polar surface area (TPSA) is 91.1 Å². The molecule has 0 radical (unpaired) electrons. The van der Waals surface area contributed by atoms with Gasteiger partial charge < -0.3 is 23.5 Å². The fourth-order valence-corrected chi connectivity index (χ4v) is 4.95. The van der Waals surface area contributed by atoms with Gasteiger partial charge in [-0.3, -0.25) is 4.79 Å². The van der Waals surface area contributed by atoms with E-state index in [1.165, 1.54) is 19.1 Å². The Morgan fingerprint density at radius 1 is 1.12 bits per heavy atom. The molecule has 8 nitrogen and oxygen atoms in total. The smallest absolute Gasteiger partial charge is 0.410 e. The lowest BCUT2D eigenvalue weighted by Crippen LogP contribution is -2.44. The molecular formula is C31H39FN2O6. The molecule has 216 valence electrons. The van der Waals surface area contributed by atoms with Gasteiger partial charge in [0.15, 0.2) is 17.4 Å². The van der Waals surface area contributed by atoms with Crippen molar-refractivity contribution in [3.63, 3.8) is 0 Å². The van der Waals surface area contributed by atoms with Crippen molar-refractivity contribution in [3.05, 3.63) is 52.7 Å². The zero-order chi connectivity index (χ0) is 29.2. The highest BCUT2D eigenvalue weighted by Crippen LogP contribution is 2.44. The largest absolute Gasteiger partial charge is 0.486 e. The van der Waals surface area contributed by atoms with Crippen molar-refractivity contribution in [3.8, 4) is 11.5 Å². The number of Topliss-reactive ketones (excluding diaryl/α,β-unsaturated/α-hetero) is 1. The number of carbonyl (C=O) groups is 2. The Hall–Kier alpha value is -3.62. The molecule has 1 aliphatic heterocycles. The van der Waals surface area contributed by atoms with E-state index in [2.05, 4.69) is 11.9 Å². The fourth-order valence-electron chi connectivity index (χ4n) is 4.95. The summed E-state index contributed by atoms with van der Waals surface area (Å²) >= 11 is 0. The van der Waals surface area contributed by atoms with Crippen molar-refractivity contribution in [1.82, 2.24) is 9.88 Å². The van der Waals surface area contributed by atoms with Crippen molar-refractivity contribution in [2.75, 3.05) is 19.7 Å². The van der Waals surface area contributed by atoms with Crippen molar-refractivity contribution in [2.45, 2.75) is 85.4 Å². The van der Waals surface area contributed by atoms with Crippen LogP contribution in [0.4, 0.5) is 9.18 Å². The zero-order valence-electron chi connectivity index (χ0n) is 24.4. The zero-order valence-corrected chi connectivity index (χ0v) is 24.4. The monoisotopic (exact) mass is 554 g/mol. The first kappa shape index (κ1) is 29.4. The summed E-state index contributed by atoms with van der Waals surface area (Å²) in [5.41, 5.74) is 2.53. The summed E-state index contributed by atoms with van der Waals surface area (Å²) in [5.74, 6) is 0.842. The molecule has 9 heteroatoms. The van der Waals surface area contributed by atoms with E-state index in [0.717, 1.165) is 5.56 Å². The predicted octanol–water partition coefficient (Wildman–Crippen LogP) is 7.14. The Morgan fingerprint density at radius 3 is 2.38 bits per heavy atom. The molecular weight excluding hydrogens is 515 g/mol. The van der Waals surface area contributed by atoms with Crippen molar-refractivity contribution < 1.29 is 32.6 Å². The third-order valence-corrected chi connectivity index (χ3v) is 7.07. The van der Waals surface area contributed by atoms with E-state index < -0.39 is 5.60 Å². The number of aromatic nitrogens is 1. The van der Waals surface area contributed by atoms with E-state index >= 15 is 0 Å². The van der Waals surface area contributed by atoms with Crippen LogP contribution in [0.3, 0.4) is 0 Å². The lowest BCUT2D eigenvalue weighted by Gasteiger charge is -2.34. The minimum atomic E-state index is -0.566. The van der Waals surface area contributed by atoms with Crippen LogP contribution in [0.15, 0.2) is 28.7 Å². The van der Waals surface area contributed by atoms with Crippen molar-refractivity contribution in [1.29, 1.82) is 0 Å². The molecule has 0 saturated carbocycles. The van der Waals surface area contributed by atoms with Crippen LogP contribution in [0.1, 0.15) is 87.2 Å². The highest BCUT2D eigenvalue weighted by atomic mass is 19.1. The summed E-state index contributed by atoms with van der Waals surface area (Å²) in [6.45, 7) is 13.9. The molecule has 40 heavy (non-hydrogen) atoms. The number of amides is 1. The maximum Gasteiger partial charge on any atom is 0.410 e. The molecule has 1 fully saturated rings. The van der Waals surface area contributed by atoms with Crippen LogP contribution in [0.5, 0.6) is 11.5 Å². The average Bonchev–Trinajstić information content (AvgIpc) is 3.27. The number of fused-ring (bicyclic) bond motifs is 1. The average molecular weight is 555 g/mol. The van der Waals surface area contributed by atoms with Gasteiger partial charge in [0.25, 0.3) is 0 Å². The van der Waals surface area contributed by atoms with Crippen molar-refractivity contribution in [2.24, 2.45) is 0 Å². The molecule has 0 spiro atoms. The number of piperidine rings is 1. The van der Waals surface area contributed by atoms with Gasteiger partial charge in [-0.05, 0) is 70.2 Å². The van der Waals surface area contributed by atoms with Gasteiger partial charge in [0.2, 0.25) is 11.3 Å². The van der Waals surface area contributed by atoms with Gasteiger partial charge >= 0.3 is 6.09 Å². The first-order valence-corrected chi connectivity index (χ1v) is 13.8. The van der Waals surface area contributed by atoms with E-state index in [0.29, 0.717) is 78.6 Å². The molecule has 4 rings (SSSR count). The number of ketones is 1. The molecule has 1 saturated heterocycles. The molecule has 1 aromatic heterocycles. The van der Waals surface area contributed by atoms with E-state index in [-0.39, 0.29) is 29.7 Å². The number of aryl methyl sites for hydroxylation is 2. The highest BCUT2D eigenvalue weighted by Gasteiger charge is 2.32. The normalized spacial score (nSPS) is 15.2. The molecule has 0 N–H and O–H groups in total. The van der Waals surface area contributed by atoms with Crippen molar-refractivity contribution >= 4 is 23.0 Å². The summed E-state index contributed by atoms with van der Waals surface area (Å²) in [4.78, 5) is 31.6. The molecule has 1 aliphatic rings. The van der Waals surface area contributed by atoms with E-state index in [1.54, 1.807) is 24.0 Å². The maximum atomic E-state index is 13.4. The standard InChI is InChI=1S/C31H39FN2O6/c1-18(22-8-10-23(32)11-9-22)14-17-37-29-27(25(20(3)35)19(2)26-28(29)38-21(4)33-26)39-24-12-15-34(16-13-24)30(36)40-31(5,6)7/h8-11,18,24H,12-17H2,1-7H3.